The van der Waals surface area contributed by atoms with Crippen LogP contribution in [0.4, 0.5) is 0 Å². The van der Waals surface area contributed by atoms with Gasteiger partial charge in [-0.1, -0.05) is 36.3 Å². The molecule has 0 saturated heterocycles. The Labute approximate surface area is 155 Å². The first kappa shape index (κ1) is 16.9. The second-order valence-electron chi connectivity index (χ2n) is 7.08. The van der Waals surface area contributed by atoms with Crippen molar-refractivity contribution >= 4 is 0 Å². The third-order valence-electron chi connectivity index (χ3n) is 5.04. The van der Waals surface area contributed by atoms with Crippen molar-refractivity contribution in [2.45, 2.75) is 13.0 Å². The van der Waals surface area contributed by atoms with Crippen LogP contribution in [0.2, 0.25) is 0 Å². The van der Waals surface area contributed by atoms with Crippen molar-refractivity contribution in [2.75, 3.05) is 39.9 Å². The molecule has 1 aromatic carbocycles. The quantitative estimate of drug-likeness (QED) is 0.795. The Balaban J connectivity index is 1.38. The summed E-state index contributed by atoms with van der Waals surface area (Å²) in [5, 5.41) is 0. The molecule has 0 spiro atoms. The summed E-state index contributed by atoms with van der Waals surface area (Å²) in [6.07, 6.45) is 6.49. The van der Waals surface area contributed by atoms with E-state index >= 15 is 0 Å². The highest BCUT2D eigenvalue weighted by molar-refractivity contribution is 5.24. The number of nitrogens with zero attached hydrogens (tertiary/aromatic N) is 5. The molecule has 3 heterocycles. The van der Waals surface area contributed by atoms with E-state index in [-0.39, 0.29) is 0 Å². The molecular weight excluding hydrogens is 322 g/mol. The molecule has 2 aliphatic rings. The summed E-state index contributed by atoms with van der Waals surface area (Å²) in [7, 11) is 2.22. The summed E-state index contributed by atoms with van der Waals surface area (Å²) in [4.78, 5) is 11.4. The van der Waals surface area contributed by atoms with Crippen molar-refractivity contribution in [1.29, 1.82) is 0 Å². The molecule has 4 rings (SSSR count). The molecule has 0 radical (unpaired) electrons. The Morgan fingerprint density at radius 2 is 1.96 bits per heavy atom. The Kier molecular flexibility index (Phi) is 5.05. The third-order valence-corrected chi connectivity index (χ3v) is 5.04. The zero-order valence-corrected chi connectivity index (χ0v) is 15.3. The van der Waals surface area contributed by atoms with E-state index in [4.69, 9.17) is 0 Å². The second-order valence-corrected chi connectivity index (χ2v) is 7.08. The van der Waals surface area contributed by atoms with Gasteiger partial charge in [0, 0.05) is 63.8 Å². The van der Waals surface area contributed by atoms with Gasteiger partial charge >= 0.3 is 0 Å². The Hall–Kier alpha value is -2.55. The van der Waals surface area contributed by atoms with Crippen molar-refractivity contribution in [2.24, 2.45) is 0 Å². The van der Waals surface area contributed by atoms with Crippen LogP contribution in [0.25, 0.3) is 0 Å². The highest BCUT2D eigenvalue weighted by Crippen LogP contribution is 2.26. The van der Waals surface area contributed by atoms with Crippen LogP contribution in [-0.4, -0.2) is 64.1 Å². The van der Waals surface area contributed by atoms with Crippen molar-refractivity contribution in [3.05, 3.63) is 65.9 Å². The molecule has 5 nitrogen and oxygen atoms in total. The lowest BCUT2D eigenvalue weighted by molar-refractivity contribution is 0.137. The van der Waals surface area contributed by atoms with Crippen molar-refractivity contribution in [3.63, 3.8) is 0 Å². The van der Waals surface area contributed by atoms with Gasteiger partial charge in [-0.05, 0) is 11.1 Å². The fourth-order valence-corrected chi connectivity index (χ4v) is 3.83. The van der Waals surface area contributed by atoms with Crippen LogP contribution in [0.5, 0.6) is 0 Å². The molecule has 0 bridgehead atoms. The molecule has 0 atom stereocenters. The number of benzene rings is 1. The summed E-state index contributed by atoms with van der Waals surface area (Å²) in [5.74, 6) is 3.26. The molecule has 2 aliphatic heterocycles. The van der Waals surface area contributed by atoms with Gasteiger partial charge in [0.1, 0.15) is 6.33 Å². The molecule has 0 N–H and O–H groups in total. The maximum absolute atomic E-state index is 4.02. The lowest BCUT2D eigenvalue weighted by Crippen LogP contribution is -2.47. The van der Waals surface area contributed by atoms with Crippen LogP contribution in [0, 0.1) is 12.0 Å². The zero-order chi connectivity index (χ0) is 17.8. The Morgan fingerprint density at radius 1 is 1.12 bits per heavy atom. The lowest BCUT2D eigenvalue weighted by atomic mass is 10.0. The van der Waals surface area contributed by atoms with Gasteiger partial charge in [-0.2, -0.15) is 0 Å². The van der Waals surface area contributed by atoms with Crippen LogP contribution in [0.15, 0.2) is 60.3 Å². The SMILES string of the molecule is CN1CN(Cc2ccccc2)CC2=C1CCN(CC#Cn1ccnc1)C2. The van der Waals surface area contributed by atoms with E-state index in [1.54, 1.807) is 18.1 Å². The van der Waals surface area contributed by atoms with E-state index in [0.29, 0.717) is 0 Å². The van der Waals surface area contributed by atoms with Crippen LogP contribution in [0.1, 0.15) is 12.0 Å². The maximum atomic E-state index is 4.02. The van der Waals surface area contributed by atoms with Gasteiger partial charge in [0.2, 0.25) is 0 Å². The summed E-state index contributed by atoms with van der Waals surface area (Å²) < 4.78 is 1.81. The van der Waals surface area contributed by atoms with E-state index in [1.165, 1.54) is 11.3 Å². The molecule has 26 heavy (non-hydrogen) atoms. The van der Waals surface area contributed by atoms with Crippen LogP contribution in [0.3, 0.4) is 0 Å². The van der Waals surface area contributed by atoms with E-state index in [2.05, 4.69) is 69.0 Å². The summed E-state index contributed by atoms with van der Waals surface area (Å²) >= 11 is 0. The average molecular weight is 347 g/mol. The van der Waals surface area contributed by atoms with Crippen molar-refractivity contribution in [1.82, 2.24) is 24.3 Å². The third kappa shape index (κ3) is 3.98. The minimum atomic E-state index is 0.803. The average Bonchev–Trinajstić information content (AvgIpc) is 3.16. The predicted octanol–water partition coefficient (Wildman–Crippen LogP) is 2.06. The first-order valence-electron chi connectivity index (χ1n) is 9.15. The zero-order valence-electron chi connectivity index (χ0n) is 15.3. The highest BCUT2D eigenvalue weighted by Gasteiger charge is 2.27. The summed E-state index contributed by atoms with van der Waals surface area (Å²) in [6.45, 7) is 5.97. The van der Waals surface area contributed by atoms with Gasteiger partial charge in [0.25, 0.3) is 0 Å². The molecule has 5 heteroatoms. The highest BCUT2D eigenvalue weighted by atomic mass is 15.3. The number of aromatic nitrogens is 2. The lowest BCUT2D eigenvalue weighted by Gasteiger charge is -2.42. The number of rotatable bonds is 3. The summed E-state index contributed by atoms with van der Waals surface area (Å²) in [6, 6.07) is 13.9. The fraction of sp³-hybridized carbons (Fsp3) is 0.381. The number of hydrogen-bond acceptors (Lipinski definition) is 4. The molecule has 0 unspecified atom stereocenters. The molecule has 0 fully saturated rings. The van der Waals surface area contributed by atoms with Gasteiger partial charge in [-0.15, -0.1) is 0 Å². The molecule has 134 valence electrons. The van der Waals surface area contributed by atoms with Crippen LogP contribution in [-0.2, 0) is 6.54 Å². The van der Waals surface area contributed by atoms with Crippen molar-refractivity contribution in [3.8, 4) is 12.0 Å². The number of hydrogen-bond donors (Lipinski definition) is 0. The van der Waals surface area contributed by atoms with E-state index in [1.807, 2.05) is 10.8 Å². The molecule has 2 aromatic rings. The first-order chi connectivity index (χ1) is 12.8. The monoisotopic (exact) mass is 347 g/mol. The van der Waals surface area contributed by atoms with Crippen LogP contribution >= 0.6 is 0 Å². The van der Waals surface area contributed by atoms with Crippen LogP contribution < -0.4 is 0 Å². The second kappa shape index (κ2) is 7.77. The van der Waals surface area contributed by atoms with Gasteiger partial charge in [0.05, 0.1) is 13.2 Å². The van der Waals surface area contributed by atoms with Crippen molar-refractivity contribution < 1.29 is 0 Å². The minimum absolute atomic E-state index is 0.803. The fourth-order valence-electron chi connectivity index (χ4n) is 3.83. The summed E-state index contributed by atoms with van der Waals surface area (Å²) in [5.41, 5.74) is 4.46. The van der Waals surface area contributed by atoms with Gasteiger partial charge in [0.15, 0.2) is 0 Å². The first-order valence-corrected chi connectivity index (χ1v) is 9.15. The van der Waals surface area contributed by atoms with Gasteiger partial charge < -0.3 is 4.90 Å². The van der Waals surface area contributed by atoms with E-state index < -0.39 is 0 Å². The molecular formula is C21H25N5. The van der Waals surface area contributed by atoms with Gasteiger partial charge in [-0.3, -0.25) is 14.4 Å². The molecule has 0 amide bonds. The topological polar surface area (TPSA) is 27.5 Å². The van der Waals surface area contributed by atoms with E-state index in [9.17, 15) is 0 Å². The standard InChI is InChI=1S/C21H25N5/c1-23-18-26(14-19-6-3-2-4-7-19)16-20-15-24(12-8-21(20)23)10-5-11-25-13-9-22-17-25/h2-4,6-7,9,13,17H,8,10,12,14-16,18H2,1H3. The molecule has 0 aliphatic carbocycles. The number of imidazole rings is 1. The Bertz CT molecular complexity index is 813. The minimum Gasteiger partial charge on any atom is -0.365 e. The largest absolute Gasteiger partial charge is 0.365 e. The van der Waals surface area contributed by atoms with Gasteiger partial charge in [-0.25, -0.2) is 4.98 Å². The smallest absolute Gasteiger partial charge is 0.106 e. The van der Waals surface area contributed by atoms with E-state index in [0.717, 1.165) is 45.8 Å². The molecule has 1 aromatic heterocycles. The Morgan fingerprint density at radius 3 is 2.77 bits per heavy atom. The predicted molar refractivity (Wildman–Crippen MR) is 103 cm³/mol. The normalized spacial score (nSPS) is 18.4. The maximum Gasteiger partial charge on any atom is 0.106 e. The molecule has 0 saturated carbocycles.